The van der Waals surface area contributed by atoms with E-state index >= 15 is 0 Å². The summed E-state index contributed by atoms with van der Waals surface area (Å²) in [5, 5.41) is 0. The monoisotopic (exact) mass is 441 g/mol. The summed E-state index contributed by atoms with van der Waals surface area (Å²) in [6.07, 6.45) is 3.74. The summed E-state index contributed by atoms with van der Waals surface area (Å²) in [5.74, 6) is 1.80. The van der Waals surface area contributed by atoms with Gasteiger partial charge in [-0.25, -0.2) is 18.4 Å². The van der Waals surface area contributed by atoms with Crippen LogP contribution >= 0.6 is 0 Å². The van der Waals surface area contributed by atoms with E-state index in [1.165, 1.54) is 5.56 Å². The van der Waals surface area contributed by atoms with Crippen LogP contribution in [0.25, 0.3) is 0 Å². The van der Waals surface area contributed by atoms with Crippen molar-refractivity contribution < 1.29 is 13.2 Å². The average molecular weight is 442 g/mol. The number of piperazine rings is 1. The van der Waals surface area contributed by atoms with Gasteiger partial charge in [0.05, 0.1) is 23.7 Å². The van der Waals surface area contributed by atoms with Crippen LogP contribution in [0.2, 0.25) is 0 Å². The third-order valence-electron chi connectivity index (χ3n) is 6.28. The van der Waals surface area contributed by atoms with Crippen LogP contribution in [0.15, 0.2) is 35.6 Å². The molecule has 0 bridgehead atoms. The van der Waals surface area contributed by atoms with Crippen LogP contribution in [-0.2, 0) is 16.6 Å². The smallest absolute Gasteiger partial charge is 0.213 e. The maximum absolute atomic E-state index is 12.1. The van der Waals surface area contributed by atoms with Crippen molar-refractivity contribution in [3.63, 3.8) is 0 Å². The predicted octanol–water partition coefficient (Wildman–Crippen LogP) is 2.23. The molecule has 1 aromatic heterocycles. The van der Waals surface area contributed by atoms with E-state index < -0.39 is 10.0 Å². The van der Waals surface area contributed by atoms with Crippen LogP contribution < -0.4 is 9.64 Å². The number of sulfonamides is 1. The molecular weight excluding hydrogens is 414 g/mol. The molecule has 3 aliphatic rings. The maximum atomic E-state index is 12.1. The lowest BCUT2D eigenvalue weighted by atomic mass is 10.0. The number of aliphatic imine (C=N–C) groups is 1. The molecule has 164 valence electrons. The zero-order valence-electron chi connectivity index (χ0n) is 17.9. The van der Waals surface area contributed by atoms with E-state index in [1.807, 2.05) is 12.1 Å². The zero-order valence-corrected chi connectivity index (χ0v) is 18.7. The molecule has 1 aliphatic carbocycles. The Morgan fingerprint density at radius 2 is 1.87 bits per heavy atom. The van der Waals surface area contributed by atoms with E-state index in [0.29, 0.717) is 32.7 Å². The summed E-state index contributed by atoms with van der Waals surface area (Å²) >= 11 is 0. The molecule has 8 nitrogen and oxygen atoms in total. The van der Waals surface area contributed by atoms with Gasteiger partial charge < -0.3 is 9.64 Å². The molecule has 1 saturated carbocycles. The first-order chi connectivity index (χ1) is 14.9. The van der Waals surface area contributed by atoms with E-state index in [4.69, 9.17) is 9.73 Å². The Morgan fingerprint density at radius 3 is 2.58 bits per heavy atom. The van der Waals surface area contributed by atoms with Crippen molar-refractivity contribution in [2.45, 2.75) is 38.8 Å². The maximum Gasteiger partial charge on any atom is 0.213 e. The van der Waals surface area contributed by atoms with Gasteiger partial charge in [0.2, 0.25) is 10.0 Å². The highest BCUT2D eigenvalue weighted by Gasteiger charge is 2.40. The molecule has 31 heavy (non-hydrogen) atoms. The van der Waals surface area contributed by atoms with Crippen molar-refractivity contribution in [3.8, 4) is 5.75 Å². The highest BCUT2D eigenvalue weighted by Crippen LogP contribution is 2.40. The Kier molecular flexibility index (Phi) is 4.97. The normalized spacial score (nSPS) is 20.3. The van der Waals surface area contributed by atoms with Gasteiger partial charge in [-0.1, -0.05) is 6.07 Å². The largest absolute Gasteiger partial charge is 0.488 e. The molecule has 3 heterocycles. The first-order valence-corrected chi connectivity index (χ1v) is 12.4. The first-order valence-electron chi connectivity index (χ1n) is 10.8. The minimum atomic E-state index is -3.15. The fourth-order valence-corrected chi connectivity index (χ4v) is 5.12. The predicted molar refractivity (Wildman–Crippen MR) is 119 cm³/mol. The molecule has 2 aliphatic heterocycles. The van der Waals surface area contributed by atoms with E-state index in [0.717, 1.165) is 41.4 Å². The van der Waals surface area contributed by atoms with Gasteiger partial charge in [0.1, 0.15) is 23.5 Å². The minimum Gasteiger partial charge on any atom is -0.488 e. The third kappa shape index (κ3) is 4.04. The molecule has 2 fully saturated rings. The number of aromatic nitrogens is 2. The van der Waals surface area contributed by atoms with Crippen LogP contribution in [0.4, 0.5) is 5.82 Å². The Balaban J connectivity index is 1.35. The van der Waals surface area contributed by atoms with Crippen LogP contribution in [0, 0.1) is 0 Å². The van der Waals surface area contributed by atoms with Gasteiger partial charge >= 0.3 is 0 Å². The molecule has 9 heteroatoms. The first kappa shape index (κ1) is 20.4. The van der Waals surface area contributed by atoms with Gasteiger partial charge in [-0.3, -0.25) is 4.99 Å². The van der Waals surface area contributed by atoms with Gasteiger partial charge in [0.15, 0.2) is 0 Å². The number of anilines is 1. The fraction of sp³-hybridized carbons (Fsp3) is 0.500. The Hall–Kier alpha value is -2.52. The summed E-state index contributed by atoms with van der Waals surface area (Å²) in [4.78, 5) is 15.8. The summed E-state index contributed by atoms with van der Waals surface area (Å²) in [7, 11) is -3.15. The van der Waals surface area contributed by atoms with Crippen molar-refractivity contribution in [2.24, 2.45) is 4.99 Å². The molecule has 0 amide bonds. The van der Waals surface area contributed by atoms with Crippen LogP contribution in [0.3, 0.4) is 0 Å². The number of hydrogen-bond acceptors (Lipinski definition) is 7. The lowest BCUT2D eigenvalue weighted by Gasteiger charge is -2.34. The molecule has 5 rings (SSSR count). The molecule has 0 unspecified atom stereocenters. The van der Waals surface area contributed by atoms with E-state index in [1.54, 1.807) is 17.6 Å². The van der Waals surface area contributed by atoms with E-state index in [2.05, 4.69) is 33.9 Å². The number of nitrogens with zero attached hydrogens (tertiary/aromatic N) is 5. The van der Waals surface area contributed by atoms with Crippen molar-refractivity contribution in [3.05, 3.63) is 47.4 Å². The quantitative estimate of drug-likeness (QED) is 0.683. The van der Waals surface area contributed by atoms with E-state index in [-0.39, 0.29) is 11.4 Å². The fourth-order valence-electron chi connectivity index (χ4n) is 4.04. The topological polar surface area (TPSA) is 88.0 Å². The van der Waals surface area contributed by atoms with Crippen LogP contribution in [0.5, 0.6) is 5.75 Å². The number of rotatable bonds is 6. The molecule has 2 aromatic rings. The molecule has 0 atom stereocenters. The number of ether oxygens (including phenoxy) is 1. The van der Waals surface area contributed by atoms with Gasteiger partial charge in [0, 0.05) is 37.8 Å². The average Bonchev–Trinajstić information content (AvgIpc) is 3.36. The van der Waals surface area contributed by atoms with Gasteiger partial charge in [-0.15, -0.1) is 0 Å². The Bertz CT molecular complexity index is 1140. The van der Waals surface area contributed by atoms with Gasteiger partial charge in [-0.05, 0) is 44.4 Å². The van der Waals surface area contributed by atoms with Crippen molar-refractivity contribution in [1.29, 1.82) is 0 Å². The van der Waals surface area contributed by atoms with E-state index in [9.17, 15) is 8.42 Å². The zero-order chi connectivity index (χ0) is 21.6. The lowest BCUT2D eigenvalue weighted by molar-refractivity contribution is 0.200. The summed E-state index contributed by atoms with van der Waals surface area (Å²) in [6, 6.07) is 8.13. The Morgan fingerprint density at radius 1 is 1.10 bits per heavy atom. The second-order valence-electron chi connectivity index (χ2n) is 8.58. The summed E-state index contributed by atoms with van der Waals surface area (Å²) in [6.45, 7) is 6.61. The molecular formula is C22H27N5O3S. The van der Waals surface area contributed by atoms with Crippen LogP contribution in [-0.4, -0.2) is 65.9 Å². The lowest BCUT2D eigenvalue weighted by Crippen LogP contribution is -2.49. The SMILES string of the molecule is CCS(=O)(=O)N1CCN(c2cc(C3=NCc4ccc(OC5(C)CC5)cc43)ncn2)CC1. The van der Waals surface area contributed by atoms with Crippen LogP contribution in [0.1, 0.15) is 43.5 Å². The third-order valence-corrected chi connectivity index (χ3v) is 8.16. The van der Waals surface area contributed by atoms with Gasteiger partial charge in [0.25, 0.3) is 0 Å². The standard InChI is InChI=1S/C22H27N5O3S/c1-3-31(28,29)27-10-8-26(9-11-27)20-13-19(24-15-25-20)21-18-12-17(30-22(2)6-7-22)5-4-16(18)14-23-21/h4-5,12-13,15H,3,6-11,14H2,1-2H3. The minimum absolute atomic E-state index is 0.0281. The molecule has 0 spiro atoms. The second kappa shape index (κ2) is 7.56. The number of benzene rings is 1. The number of fused-ring (bicyclic) bond motifs is 1. The molecule has 0 radical (unpaired) electrons. The number of hydrogen-bond donors (Lipinski definition) is 0. The molecule has 1 saturated heterocycles. The van der Waals surface area contributed by atoms with Gasteiger partial charge in [-0.2, -0.15) is 4.31 Å². The molecule has 0 N–H and O–H groups in total. The van der Waals surface area contributed by atoms with Crippen molar-refractivity contribution in [2.75, 3.05) is 36.8 Å². The van der Waals surface area contributed by atoms with Crippen molar-refractivity contribution >= 4 is 21.6 Å². The highest BCUT2D eigenvalue weighted by molar-refractivity contribution is 7.89. The Labute approximate surface area is 183 Å². The van der Waals surface area contributed by atoms with Crippen molar-refractivity contribution in [1.82, 2.24) is 14.3 Å². The highest BCUT2D eigenvalue weighted by atomic mass is 32.2. The summed E-state index contributed by atoms with van der Waals surface area (Å²) in [5.41, 5.74) is 3.84. The summed E-state index contributed by atoms with van der Waals surface area (Å²) < 4.78 is 31.9. The second-order valence-corrected chi connectivity index (χ2v) is 10.8. The molecule has 1 aromatic carbocycles.